The van der Waals surface area contributed by atoms with Crippen molar-refractivity contribution in [3.8, 4) is 0 Å². The normalized spacial score (nSPS) is 27.2. The van der Waals surface area contributed by atoms with Crippen molar-refractivity contribution in [2.45, 2.75) is 64.7 Å². The van der Waals surface area contributed by atoms with Crippen molar-refractivity contribution in [3.63, 3.8) is 0 Å². The second kappa shape index (κ2) is 5.78. The summed E-state index contributed by atoms with van der Waals surface area (Å²) in [5.41, 5.74) is -0.303. The Kier molecular flexibility index (Phi) is 4.57. The van der Waals surface area contributed by atoms with Crippen molar-refractivity contribution >= 4 is 5.91 Å². The molecule has 0 bridgehead atoms. The molecule has 6 heteroatoms. The van der Waals surface area contributed by atoms with Gasteiger partial charge in [-0.3, -0.25) is 4.79 Å². The van der Waals surface area contributed by atoms with E-state index in [4.69, 9.17) is 0 Å². The Morgan fingerprint density at radius 1 is 1.38 bits per heavy atom. The van der Waals surface area contributed by atoms with Gasteiger partial charge in [-0.1, -0.05) is 13.8 Å². The molecule has 1 saturated heterocycles. The average Bonchev–Trinajstić information content (AvgIpc) is 3.17. The Hall–Kier alpha value is -0.780. The molecule has 2 atom stereocenters. The van der Waals surface area contributed by atoms with Crippen molar-refractivity contribution in [1.29, 1.82) is 0 Å². The van der Waals surface area contributed by atoms with Gasteiger partial charge in [0.1, 0.15) is 6.54 Å². The van der Waals surface area contributed by atoms with Crippen LogP contribution in [0.25, 0.3) is 0 Å². The number of carbonyl (C=O) groups is 1. The maximum Gasteiger partial charge on any atom is 0.406 e. The van der Waals surface area contributed by atoms with E-state index in [1.807, 2.05) is 13.8 Å². The van der Waals surface area contributed by atoms with Crippen LogP contribution in [0, 0.1) is 11.3 Å². The Morgan fingerprint density at radius 2 is 2.00 bits per heavy atom. The highest BCUT2D eigenvalue weighted by Crippen LogP contribution is 2.38. The van der Waals surface area contributed by atoms with Crippen molar-refractivity contribution in [2.24, 2.45) is 11.3 Å². The van der Waals surface area contributed by atoms with Crippen LogP contribution in [-0.2, 0) is 4.79 Å². The van der Waals surface area contributed by atoms with Crippen LogP contribution in [0.4, 0.5) is 13.2 Å². The lowest BCUT2D eigenvalue weighted by Crippen LogP contribution is -2.59. The standard InChI is InChI=1S/C15H25F3N2O/c1-10(11-5-6-11)20(9-15(16,17)18)13(21)12-14(2,3)7-4-8-19-12/h10-12,19H,4-9H2,1-3H3. The minimum Gasteiger partial charge on any atom is -0.329 e. The fraction of sp³-hybridized carbons (Fsp3) is 0.933. The summed E-state index contributed by atoms with van der Waals surface area (Å²) < 4.78 is 38.6. The molecule has 1 aliphatic heterocycles. The number of nitrogens with one attached hydrogen (secondary N) is 1. The van der Waals surface area contributed by atoms with E-state index in [0.717, 1.165) is 30.6 Å². The van der Waals surface area contributed by atoms with E-state index < -0.39 is 24.7 Å². The van der Waals surface area contributed by atoms with E-state index in [9.17, 15) is 18.0 Å². The van der Waals surface area contributed by atoms with E-state index in [-0.39, 0.29) is 17.4 Å². The largest absolute Gasteiger partial charge is 0.406 e. The van der Waals surface area contributed by atoms with Gasteiger partial charge < -0.3 is 10.2 Å². The van der Waals surface area contributed by atoms with Crippen LogP contribution < -0.4 is 5.32 Å². The molecule has 1 N–H and O–H groups in total. The van der Waals surface area contributed by atoms with Crippen LogP contribution in [-0.4, -0.2) is 42.2 Å². The summed E-state index contributed by atoms with van der Waals surface area (Å²) in [6, 6.07) is -0.853. The molecule has 0 spiro atoms. The predicted molar refractivity (Wildman–Crippen MR) is 74.8 cm³/mol. The highest BCUT2D eigenvalue weighted by atomic mass is 19.4. The number of amides is 1. The summed E-state index contributed by atoms with van der Waals surface area (Å²) in [5, 5.41) is 3.13. The lowest BCUT2D eigenvalue weighted by molar-refractivity contribution is -0.169. The maximum absolute atomic E-state index is 12.9. The zero-order valence-corrected chi connectivity index (χ0v) is 13.0. The minimum absolute atomic E-state index is 0.225. The third-order valence-corrected chi connectivity index (χ3v) is 4.80. The molecule has 2 unspecified atom stereocenters. The monoisotopic (exact) mass is 306 g/mol. The predicted octanol–water partition coefficient (Wildman–Crippen LogP) is 2.95. The first-order valence-corrected chi connectivity index (χ1v) is 7.72. The van der Waals surface area contributed by atoms with Gasteiger partial charge in [0.15, 0.2) is 0 Å². The van der Waals surface area contributed by atoms with Gasteiger partial charge in [0.05, 0.1) is 6.04 Å². The zero-order valence-electron chi connectivity index (χ0n) is 13.0. The first-order valence-electron chi connectivity index (χ1n) is 7.72. The van der Waals surface area contributed by atoms with Crippen molar-refractivity contribution in [2.75, 3.05) is 13.1 Å². The lowest BCUT2D eigenvalue weighted by atomic mass is 9.77. The van der Waals surface area contributed by atoms with E-state index in [0.29, 0.717) is 6.54 Å². The second-order valence-electron chi connectivity index (χ2n) is 7.14. The SMILES string of the molecule is CC(C1CC1)N(CC(F)(F)F)C(=O)C1NCCCC1(C)C. The van der Waals surface area contributed by atoms with Gasteiger partial charge in [0, 0.05) is 6.04 Å². The summed E-state index contributed by atoms with van der Waals surface area (Å²) in [6.45, 7) is 5.21. The van der Waals surface area contributed by atoms with Crippen molar-refractivity contribution < 1.29 is 18.0 Å². The van der Waals surface area contributed by atoms with E-state index in [1.54, 1.807) is 6.92 Å². The molecule has 21 heavy (non-hydrogen) atoms. The molecule has 1 amide bonds. The fourth-order valence-corrected chi connectivity index (χ4v) is 3.25. The third kappa shape index (κ3) is 4.11. The Balaban J connectivity index is 2.16. The summed E-state index contributed by atoms with van der Waals surface area (Å²) in [5.74, 6) is -0.167. The molecule has 0 radical (unpaired) electrons. The number of nitrogens with zero attached hydrogens (tertiary/aromatic N) is 1. The van der Waals surface area contributed by atoms with Gasteiger partial charge in [0.2, 0.25) is 5.91 Å². The number of halogens is 3. The molecule has 2 rings (SSSR count). The van der Waals surface area contributed by atoms with Gasteiger partial charge in [-0.15, -0.1) is 0 Å². The molecule has 1 aliphatic carbocycles. The van der Waals surface area contributed by atoms with Crippen LogP contribution in [0.5, 0.6) is 0 Å². The average molecular weight is 306 g/mol. The van der Waals surface area contributed by atoms with Crippen LogP contribution in [0.3, 0.4) is 0 Å². The zero-order chi connectivity index (χ0) is 15.8. The summed E-state index contributed by atoms with van der Waals surface area (Å²) in [6.07, 6.45) is -0.700. The molecule has 0 aromatic rings. The van der Waals surface area contributed by atoms with Gasteiger partial charge in [-0.2, -0.15) is 13.2 Å². The van der Waals surface area contributed by atoms with E-state index in [1.165, 1.54) is 0 Å². The van der Waals surface area contributed by atoms with Gasteiger partial charge in [-0.25, -0.2) is 0 Å². The van der Waals surface area contributed by atoms with Crippen LogP contribution in [0.15, 0.2) is 0 Å². The van der Waals surface area contributed by atoms with Crippen LogP contribution >= 0.6 is 0 Å². The summed E-state index contributed by atoms with van der Waals surface area (Å²) >= 11 is 0. The number of hydrogen-bond donors (Lipinski definition) is 1. The van der Waals surface area contributed by atoms with Crippen LogP contribution in [0.1, 0.15) is 46.5 Å². The number of piperidine rings is 1. The molecule has 3 nitrogen and oxygen atoms in total. The highest BCUT2D eigenvalue weighted by Gasteiger charge is 2.46. The van der Waals surface area contributed by atoms with E-state index in [2.05, 4.69) is 5.32 Å². The topological polar surface area (TPSA) is 32.3 Å². The van der Waals surface area contributed by atoms with Crippen molar-refractivity contribution in [3.05, 3.63) is 0 Å². The van der Waals surface area contributed by atoms with Gasteiger partial charge in [-0.05, 0) is 50.5 Å². The highest BCUT2D eigenvalue weighted by molar-refractivity contribution is 5.83. The Bertz CT molecular complexity index is 391. The minimum atomic E-state index is -4.35. The maximum atomic E-state index is 12.9. The first-order chi connectivity index (χ1) is 9.62. The molecule has 1 saturated carbocycles. The smallest absolute Gasteiger partial charge is 0.329 e. The molecular weight excluding hydrogens is 281 g/mol. The van der Waals surface area contributed by atoms with Gasteiger partial charge >= 0.3 is 6.18 Å². The van der Waals surface area contributed by atoms with Crippen LogP contribution in [0.2, 0.25) is 0 Å². The van der Waals surface area contributed by atoms with Crippen molar-refractivity contribution in [1.82, 2.24) is 10.2 Å². The number of carbonyl (C=O) groups excluding carboxylic acids is 1. The molecule has 1 heterocycles. The fourth-order valence-electron chi connectivity index (χ4n) is 3.25. The molecule has 0 aromatic heterocycles. The summed E-state index contributed by atoms with van der Waals surface area (Å²) in [7, 11) is 0. The first kappa shape index (κ1) is 16.6. The molecule has 2 fully saturated rings. The second-order valence-corrected chi connectivity index (χ2v) is 7.14. The van der Waals surface area contributed by atoms with E-state index >= 15 is 0 Å². The number of alkyl halides is 3. The molecule has 122 valence electrons. The Morgan fingerprint density at radius 3 is 2.48 bits per heavy atom. The third-order valence-electron chi connectivity index (χ3n) is 4.80. The lowest BCUT2D eigenvalue weighted by Gasteiger charge is -2.42. The molecular formula is C15H25F3N2O. The quantitative estimate of drug-likeness (QED) is 0.866. The van der Waals surface area contributed by atoms with Gasteiger partial charge in [0.25, 0.3) is 0 Å². The Labute approximate surface area is 124 Å². The number of rotatable bonds is 4. The number of hydrogen-bond acceptors (Lipinski definition) is 2. The summed E-state index contributed by atoms with van der Waals surface area (Å²) in [4.78, 5) is 13.8. The molecule has 2 aliphatic rings. The molecule has 0 aromatic carbocycles.